The largest absolute Gasteiger partial charge is 0.353 e. The maximum Gasteiger partial charge on any atom is 0.313 e. The summed E-state index contributed by atoms with van der Waals surface area (Å²) < 4.78 is 50.3. The first kappa shape index (κ1) is 11.7. The number of hydrogen-bond acceptors (Lipinski definition) is 3. The lowest BCUT2D eigenvalue weighted by Gasteiger charge is -2.21. The number of nitrogens with zero attached hydrogens (tertiary/aromatic N) is 3. The Labute approximate surface area is 83.8 Å². The molecule has 0 amide bonds. The molecule has 0 aliphatic heterocycles. The van der Waals surface area contributed by atoms with Gasteiger partial charge in [0, 0.05) is 20.0 Å². The summed E-state index contributed by atoms with van der Waals surface area (Å²) in [6.07, 6.45) is -1.28. The standard InChI is InChI=1S/C8H9F4N3/c1-8(11,12)4-15(2)6-3-5(9)13-7(10)14-6/h3H,4H2,1-2H3. The molecule has 1 aromatic rings. The number of rotatable bonds is 3. The zero-order valence-corrected chi connectivity index (χ0v) is 8.14. The molecule has 0 aliphatic rings. The van der Waals surface area contributed by atoms with E-state index in [2.05, 4.69) is 9.97 Å². The van der Waals surface area contributed by atoms with Gasteiger partial charge in [0.15, 0.2) is 0 Å². The highest BCUT2D eigenvalue weighted by molar-refractivity contribution is 5.36. The van der Waals surface area contributed by atoms with Crippen LogP contribution in [0.25, 0.3) is 0 Å². The Morgan fingerprint density at radius 3 is 2.40 bits per heavy atom. The van der Waals surface area contributed by atoms with E-state index < -0.39 is 24.5 Å². The third kappa shape index (κ3) is 3.69. The molecule has 0 saturated carbocycles. The van der Waals surface area contributed by atoms with Crippen LogP contribution < -0.4 is 4.90 Å². The molecule has 1 aromatic heterocycles. The van der Waals surface area contributed by atoms with Crippen LogP contribution >= 0.6 is 0 Å². The monoisotopic (exact) mass is 223 g/mol. The molecule has 0 radical (unpaired) electrons. The summed E-state index contributed by atoms with van der Waals surface area (Å²) >= 11 is 0. The van der Waals surface area contributed by atoms with Crippen molar-refractivity contribution in [2.24, 2.45) is 0 Å². The molecule has 0 atom stereocenters. The zero-order chi connectivity index (χ0) is 11.6. The summed E-state index contributed by atoms with van der Waals surface area (Å²) in [6.45, 7) is 0.0281. The summed E-state index contributed by atoms with van der Waals surface area (Å²) in [5, 5.41) is 0. The Kier molecular flexibility index (Phi) is 3.11. The van der Waals surface area contributed by atoms with Crippen molar-refractivity contribution in [2.45, 2.75) is 12.8 Å². The molecule has 84 valence electrons. The SMILES string of the molecule is CN(CC(C)(F)F)c1cc(F)nc(F)n1. The van der Waals surface area contributed by atoms with E-state index in [-0.39, 0.29) is 5.82 Å². The molecular weight excluding hydrogens is 214 g/mol. The Hall–Kier alpha value is -1.40. The van der Waals surface area contributed by atoms with E-state index in [4.69, 9.17) is 0 Å². The fourth-order valence-corrected chi connectivity index (χ4v) is 1.07. The van der Waals surface area contributed by atoms with E-state index in [1.54, 1.807) is 0 Å². The first-order valence-electron chi connectivity index (χ1n) is 4.07. The van der Waals surface area contributed by atoms with E-state index in [9.17, 15) is 17.6 Å². The van der Waals surface area contributed by atoms with Gasteiger partial charge in [0.25, 0.3) is 5.92 Å². The molecule has 0 unspecified atom stereocenters. The quantitative estimate of drug-likeness (QED) is 0.445. The zero-order valence-electron chi connectivity index (χ0n) is 8.14. The summed E-state index contributed by atoms with van der Waals surface area (Å²) in [7, 11) is 1.26. The number of hydrogen-bond donors (Lipinski definition) is 0. The third-order valence-electron chi connectivity index (χ3n) is 1.56. The predicted molar refractivity (Wildman–Crippen MR) is 45.8 cm³/mol. The first-order chi connectivity index (χ1) is 6.78. The van der Waals surface area contributed by atoms with Crippen LogP contribution in [0.15, 0.2) is 6.07 Å². The minimum absolute atomic E-state index is 0.221. The fourth-order valence-electron chi connectivity index (χ4n) is 1.07. The second-order valence-corrected chi connectivity index (χ2v) is 3.24. The van der Waals surface area contributed by atoms with Crippen molar-refractivity contribution < 1.29 is 17.6 Å². The summed E-state index contributed by atoms with van der Waals surface area (Å²) in [6, 6.07) is 0.787. The van der Waals surface area contributed by atoms with Crippen LogP contribution in [-0.2, 0) is 0 Å². The van der Waals surface area contributed by atoms with Gasteiger partial charge in [0.05, 0.1) is 6.54 Å². The van der Waals surface area contributed by atoms with Crippen molar-refractivity contribution in [2.75, 3.05) is 18.5 Å². The highest BCUT2D eigenvalue weighted by atomic mass is 19.3. The normalized spacial score (nSPS) is 11.6. The maximum atomic E-state index is 12.6. The molecule has 0 aromatic carbocycles. The highest BCUT2D eigenvalue weighted by Gasteiger charge is 2.24. The second-order valence-electron chi connectivity index (χ2n) is 3.24. The minimum Gasteiger partial charge on any atom is -0.353 e. The van der Waals surface area contributed by atoms with Crippen LogP contribution in [0.5, 0.6) is 0 Å². The number of anilines is 1. The lowest BCUT2D eigenvalue weighted by molar-refractivity contribution is 0.0308. The maximum absolute atomic E-state index is 12.6. The second kappa shape index (κ2) is 4.00. The van der Waals surface area contributed by atoms with E-state index in [1.807, 2.05) is 0 Å². The molecule has 0 aliphatic carbocycles. The van der Waals surface area contributed by atoms with Gasteiger partial charge < -0.3 is 4.90 Å². The van der Waals surface area contributed by atoms with Crippen molar-refractivity contribution in [3.05, 3.63) is 18.1 Å². The fraction of sp³-hybridized carbons (Fsp3) is 0.500. The van der Waals surface area contributed by atoms with E-state index >= 15 is 0 Å². The van der Waals surface area contributed by atoms with Crippen LogP contribution in [0.1, 0.15) is 6.92 Å². The van der Waals surface area contributed by atoms with Crippen molar-refractivity contribution in [3.8, 4) is 0 Å². The van der Waals surface area contributed by atoms with Crippen molar-refractivity contribution in [1.82, 2.24) is 9.97 Å². The van der Waals surface area contributed by atoms with E-state index in [0.29, 0.717) is 6.92 Å². The average Bonchev–Trinajstić information content (AvgIpc) is 1.98. The molecule has 0 saturated heterocycles. The van der Waals surface area contributed by atoms with Gasteiger partial charge in [-0.25, -0.2) is 8.78 Å². The summed E-state index contributed by atoms with van der Waals surface area (Å²) in [4.78, 5) is 6.90. The Morgan fingerprint density at radius 2 is 1.93 bits per heavy atom. The Morgan fingerprint density at radius 1 is 1.33 bits per heavy atom. The van der Waals surface area contributed by atoms with Crippen LogP contribution in [0.4, 0.5) is 23.4 Å². The van der Waals surface area contributed by atoms with Crippen LogP contribution in [0.3, 0.4) is 0 Å². The molecule has 15 heavy (non-hydrogen) atoms. The van der Waals surface area contributed by atoms with Gasteiger partial charge in [-0.2, -0.15) is 18.7 Å². The first-order valence-corrected chi connectivity index (χ1v) is 4.07. The molecule has 0 N–H and O–H groups in total. The Bertz CT molecular complexity index is 330. The van der Waals surface area contributed by atoms with Gasteiger partial charge in [-0.15, -0.1) is 0 Å². The highest BCUT2D eigenvalue weighted by Crippen LogP contribution is 2.17. The van der Waals surface area contributed by atoms with Gasteiger partial charge >= 0.3 is 6.08 Å². The molecule has 0 spiro atoms. The van der Waals surface area contributed by atoms with Crippen LogP contribution in [0, 0.1) is 12.0 Å². The smallest absolute Gasteiger partial charge is 0.313 e. The Balaban J connectivity index is 2.86. The van der Waals surface area contributed by atoms with Gasteiger partial charge in [-0.3, -0.25) is 0 Å². The minimum atomic E-state index is -2.97. The lowest BCUT2D eigenvalue weighted by atomic mass is 10.3. The predicted octanol–water partition coefficient (Wildman–Crippen LogP) is 1.85. The number of aromatic nitrogens is 2. The lowest BCUT2D eigenvalue weighted by Crippen LogP contribution is -2.32. The van der Waals surface area contributed by atoms with Gasteiger partial charge in [-0.05, 0) is 0 Å². The number of halogens is 4. The molecule has 0 fully saturated rings. The topological polar surface area (TPSA) is 29.0 Å². The van der Waals surface area contributed by atoms with Crippen molar-refractivity contribution in [3.63, 3.8) is 0 Å². The van der Waals surface area contributed by atoms with Crippen LogP contribution in [0.2, 0.25) is 0 Å². The van der Waals surface area contributed by atoms with E-state index in [0.717, 1.165) is 11.0 Å². The van der Waals surface area contributed by atoms with Gasteiger partial charge in [0.2, 0.25) is 5.95 Å². The van der Waals surface area contributed by atoms with Crippen molar-refractivity contribution in [1.29, 1.82) is 0 Å². The number of alkyl halides is 2. The molecule has 1 rings (SSSR count). The van der Waals surface area contributed by atoms with E-state index in [1.165, 1.54) is 7.05 Å². The molecular formula is C8H9F4N3. The van der Waals surface area contributed by atoms with Gasteiger partial charge in [0.1, 0.15) is 5.82 Å². The third-order valence-corrected chi connectivity index (χ3v) is 1.56. The molecule has 0 bridgehead atoms. The molecule has 7 heteroatoms. The summed E-state index contributed by atoms with van der Waals surface area (Å²) in [5.41, 5.74) is 0. The van der Waals surface area contributed by atoms with Crippen LogP contribution in [-0.4, -0.2) is 29.5 Å². The average molecular weight is 223 g/mol. The van der Waals surface area contributed by atoms with Gasteiger partial charge in [-0.1, -0.05) is 0 Å². The summed E-state index contributed by atoms with van der Waals surface area (Å²) in [5.74, 6) is -4.28. The molecule has 1 heterocycles. The molecule has 3 nitrogen and oxygen atoms in total. The van der Waals surface area contributed by atoms with Crippen molar-refractivity contribution >= 4 is 5.82 Å².